The molecule has 0 bridgehead atoms. The molecule has 2 heterocycles. The van der Waals surface area contributed by atoms with Crippen LogP contribution in [0, 0.1) is 5.41 Å². The third-order valence-corrected chi connectivity index (χ3v) is 4.55. The van der Waals surface area contributed by atoms with Gasteiger partial charge in [0.1, 0.15) is 10.7 Å². The average molecular weight is 297 g/mol. The number of hydrogen-bond donors (Lipinski definition) is 3. The van der Waals surface area contributed by atoms with Crippen LogP contribution in [0.25, 0.3) is 0 Å². The first kappa shape index (κ1) is 14.6. The van der Waals surface area contributed by atoms with Crippen LogP contribution in [0.3, 0.4) is 0 Å². The van der Waals surface area contributed by atoms with Crippen LogP contribution in [-0.4, -0.2) is 41.3 Å². The number of likely N-dealkylation sites (tertiary alicyclic amines) is 1. The number of nitrogen functional groups attached to an aromatic ring is 1. The van der Waals surface area contributed by atoms with E-state index in [1.165, 1.54) is 11.3 Å². The van der Waals surface area contributed by atoms with Gasteiger partial charge in [-0.3, -0.25) is 9.59 Å². The molecular weight excluding hydrogens is 278 g/mol. The molecule has 1 unspecified atom stereocenters. The van der Waals surface area contributed by atoms with Gasteiger partial charge in [-0.05, 0) is 20.3 Å². The minimum atomic E-state index is -0.653. The highest BCUT2D eigenvalue weighted by atomic mass is 32.1. The van der Waals surface area contributed by atoms with Crippen LogP contribution in [0.4, 0.5) is 10.9 Å². The molecule has 2 amide bonds. The molecule has 1 aromatic rings. The summed E-state index contributed by atoms with van der Waals surface area (Å²) in [6.07, 6.45) is 0.576. The highest BCUT2D eigenvalue weighted by molar-refractivity contribution is 7.18. The molecule has 0 saturated carbocycles. The van der Waals surface area contributed by atoms with Crippen molar-refractivity contribution in [3.05, 3.63) is 4.88 Å². The van der Waals surface area contributed by atoms with Gasteiger partial charge in [0, 0.05) is 19.6 Å². The van der Waals surface area contributed by atoms with E-state index in [2.05, 4.69) is 10.3 Å². The van der Waals surface area contributed by atoms with E-state index in [1.807, 2.05) is 6.92 Å². The molecule has 2 rings (SSSR count). The molecule has 20 heavy (non-hydrogen) atoms. The van der Waals surface area contributed by atoms with Crippen LogP contribution in [0.2, 0.25) is 0 Å². The molecular formula is C12H19N5O2S. The van der Waals surface area contributed by atoms with Gasteiger partial charge in [-0.1, -0.05) is 11.3 Å². The van der Waals surface area contributed by atoms with Gasteiger partial charge < -0.3 is 21.7 Å². The Kier molecular flexibility index (Phi) is 3.85. The normalized spacial score (nSPS) is 22.0. The number of aromatic nitrogens is 1. The molecule has 7 nitrogen and oxygen atoms in total. The number of nitrogens with two attached hydrogens (primary N) is 2. The Hall–Kier alpha value is -1.83. The zero-order valence-electron chi connectivity index (χ0n) is 11.6. The first-order valence-electron chi connectivity index (χ1n) is 6.46. The summed E-state index contributed by atoms with van der Waals surface area (Å²) in [6.45, 7) is 5.27. The predicted octanol–water partition coefficient (Wildman–Crippen LogP) is 0.495. The molecule has 1 aliphatic heterocycles. The molecule has 5 N–H and O–H groups in total. The fourth-order valence-electron chi connectivity index (χ4n) is 2.19. The quantitative estimate of drug-likeness (QED) is 0.748. The molecule has 1 fully saturated rings. The van der Waals surface area contributed by atoms with Crippen molar-refractivity contribution < 1.29 is 9.59 Å². The van der Waals surface area contributed by atoms with Gasteiger partial charge in [0.25, 0.3) is 5.91 Å². The van der Waals surface area contributed by atoms with Crippen LogP contribution >= 0.6 is 11.3 Å². The molecule has 1 atom stereocenters. The molecule has 1 saturated heterocycles. The van der Waals surface area contributed by atoms with Gasteiger partial charge in [-0.2, -0.15) is 0 Å². The SMILES string of the molecule is CCNc1nc(N)c(C(=O)N2CCC(C)(C(N)=O)C2)s1. The van der Waals surface area contributed by atoms with Gasteiger partial charge in [0.15, 0.2) is 5.13 Å². The molecule has 8 heteroatoms. The van der Waals surface area contributed by atoms with Crippen LogP contribution < -0.4 is 16.8 Å². The Bertz CT molecular complexity index is 544. The summed E-state index contributed by atoms with van der Waals surface area (Å²) >= 11 is 1.23. The third-order valence-electron chi connectivity index (χ3n) is 3.53. The first-order chi connectivity index (χ1) is 9.37. The molecule has 0 aliphatic carbocycles. The van der Waals surface area contributed by atoms with Crippen molar-refractivity contribution >= 4 is 34.1 Å². The third kappa shape index (κ3) is 2.55. The van der Waals surface area contributed by atoms with Gasteiger partial charge in [0.2, 0.25) is 5.91 Å². The Balaban J connectivity index is 2.15. The fourth-order valence-corrected chi connectivity index (χ4v) is 3.11. The average Bonchev–Trinajstić information content (AvgIpc) is 2.94. The van der Waals surface area contributed by atoms with E-state index >= 15 is 0 Å². The highest BCUT2D eigenvalue weighted by Crippen LogP contribution is 2.33. The van der Waals surface area contributed by atoms with E-state index < -0.39 is 5.41 Å². The lowest BCUT2D eigenvalue weighted by molar-refractivity contribution is -0.126. The van der Waals surface area contributed by atoms with Crippen molar-refractivity contribution in [1.82, 2.24) is 9.88 Å². The molecule has 1 aliphatic rings. The van der Waals surface area contributed by atoms with E-state index in [4.69, 9.17) is 11.5 Å². The second-order valence-electron chi connectivity index (χ2n) is 5.17. The molecule has 0 aromatic carbocycles. The van der Waals surface area contributed by atoms with Gasteiger partial charge in [-0.15, -0.1) is 0 Å². The van der Waals surface area contributed by atoms with Crippen molar-refractivity contribution in [2.75, 3.05) is 30.7 Å². The topological polar surface area (TPSA) is 114 Å². The van der Waals surface area contributed by atoms with Crippen LogP contribution in [0.15, 0.2) is 0 Å². The van der Waals surface area contributed by atoms with Crippen LogP contribution in [0.5, 0.6) is 0 Å². The first-order valence-corrected chi connectivity index (χ1v) is 7.28. The van der Waals surface area contributed by atoms with Crippen molar-refractivity contribution in [2.45, 2.75) is 20.3 Å². The maximum atomic E-state index is 12.4. The maximum Gasteiger partial charge on any atom is 0.267 e. The summed E-state index contributed by atoms with van der Waals surface area (Å²) in [5.74, 6) is -0.337. The lowest BCUT2D eigenvalue weighted by atomic mass is 9.89. The number of carbonyl (C=O) groups is 2. The smallest absolute Gasteiger partial charge is 0.267 e. The highest BCUT2D eigenvalue weighted by Gasteiger charge is 2.41. The lowest BCUT2D eigenvalue weighted by Gasteiger charge is -2.20. The Morgan fingerprint density at radius 3 is 2.80 bits per heavy atom. The fraction of sp³-hybridized carbons (Fsp3) is 0.583. The van der Waals surface area contributed by atoms with Gasteiger partial charge in [0.05, 0.1) is 5.41 Å². The number of amides is 2. The Morgan fingerprint density at radius 1 is 1.55 bits per heavy atom. The Morgan fingerprint density at radius 2 is 2.25 bits per heavy atom. The number of hydrogen-bond acceptors (Lipinski definition) is 6. The Labute approximate surface area is 121 Å². The summed E-state index contributed by atoms with van der Waals surface area (Å²) < 4.78 is 0. The number of primary amides is 1. The van der Waals surface area contributed by atoms with E-state index in [1.54, 1.807) is 11.8 Å². The van der Waals surface area contributed by atoms with Crippen molar-refractivity contribution in [3.8, 4) is 0 Å². The number of nitrogens with zero attached hydrogens (tertiary/aromatic N) is 2. The predicted molar refractivity (Wildman–Crippen MR) is 78.5 cm³/mol. The van der Waals surface area contributed by atoms with E-state index in [-0.39, 0.29) is 17.6 Å². The number of rotatable bonds is 4. The molecule has 1 aromatic heterocycles. The molecule has 0 spiro atoms. The second-order valence-corrected chi connectivity index (χ2v) is 6.16. The standard InChI is InChI=1S/C12H19N5O2S/c1-3-15-11-16-8(13)7(20-11)9(18)17-5-4-12(2,6-17)10(14)19/h3-6,13H2,1-2H3,(H2,14,19)(H,15,16). The monoisotopic (exact) mass is 297 g/mol. The molecule has 110 valence electrons. The molecule has 0 radical (unpaired) electrons. The van der Waals surface area contributed by atoms with E-state index in [0.717, 1.165) is 0 Å². The van der Waals surface area contributed by atoms with Gasteiger partial charge in [-0.25, -0.2) is 4.98 Å². The summed E-state index contributed by atoms with van der Waals surface area (Å²) in [5.41, 5.74) is 10.5. The number of nitrogens with one attached hydrogen (secondary N) is 1. The largest absolute Gasteiger partial charge is 0.382 e. The van der Waals surface area contributed by atoms with Gasteiger partial charge >= 0.3 is 0 Å². The van der Waals surface area contributed by atoms with Crippen LogP contribution in [-0.2, 0) is 4.79 Å². The lowest BCUT2D eigenvalue weighted by Crippen LogP contribution is -2.38. The zero-order valence-corrected chi connectivity index (χ0v) is 12.4. The van der Waals surface area contributed by atoms with Crippen molar-refractivity contribution in [2.24, 2.45) is 11.1 Å². The number of carbonyl (C=O) groups excluding carboxylic acids is 2. The zero-order chi connectivity index (χ0) is 14.9. The summed E-state index contributed by atoms with van der Waals surface area (Å²) in [4.78, 5) is 30.0. The van der Waals surface area contributed by atoms with E-state index in [9.17, 15) is 9.59 Å². The van der Waals surface area contributed by atoms with Crippen molar-refractivity contribution in [3.63, 3.8) is 0 Å². The maximum absolute atomic E-state index is 12.4. The second kappa shape index (κ2) is 5.28. The van der Waals surface area contributed by atoms with E-state index in [0.29, 0.717) is 36.1 Å². The van der Waals surface area contributed by atoms with Crippen molar-refractivity contribution in [1.29, 1.82) is 0 Å². The summed E-state index contributed by atoms with van der Waals surface area (Å²) in [6, 6.07) is 0. The summed E-state index contributed by atoms with van der Waals surface area (Å²) in [5, 5.41) is 3.66. The van der Waals surface area contributed by atoms with Crippen LogP contribution in [0.1, 0.15) is 29.9 Å². The number of thiazole rings is 1. The number of anilines is 2. The summed E-state index contributed by atoms with van der Waals surface area (Å²) in [7, 11) is 0. The minimum Gasteiger partial charge on any atom is -0.382 e. The minimum absolute atomic E-state index is 0.186.